The second-order valence-electron chi connectivity index (χ2n) is 3.46. The Morgan fingerprint density at radius 1 is 1.33 bits per heavy atom. The summed E-state index contributed by atoms with van der Waals surface area (Å²) in [5.74, 6) is 0.164. The maximum atomic E-state index is 11.3. The van der Waals surface area contributed by atoms with E-state index < -0.39 is 0 Å². The number of pyridine rings is 1. The Kier molecular flexibility index (Phi) is 2.37. The fourth-order valence-electron chi connectivity index (χ4n) is 1.57. The van der Waals surface area contributed by atoms with Gasteiger partial charge in [-0.05, 0) is 17.7 Å². The number of aromatic nitrogens is 1. The summed E-state index contributed by atoms with van der Waals surface area (Å²) in [5.41, 5.74) is 6.33. The van der Waals surface area contributed by atoms with E-state index in [0.29, 0.717) is 25.2 Å². The van der Waals surface area contributed by atoms with Crippen LogP contribution in [0.5, 0.6) is 0 Å². The zero-order valence-electron chi connectivity index (χ0n) is 8.14. The predicted molar refractivity (Wildman–Crippen MR) is 53.4 cm³/mol. The summed E-state index contributed by atoms with van der Waals surface area (Å²) >= 11 is 0. The highest BCUT2D eigenvalue weighted by atomic mass is 16.2. The molecule has 5 nitrogen and oxygen atoms in total. The van der Waals surface area contributed by atoms with E-state index in [0.717, 1.165) is 5.56 Å². The Bertz CT molecular complexity index is 401. The molecule has 1 saturated heterocycles. The number of hydrogen-bond donors (Lipinski definition) is 1. The van der Waals surface area contributed by atoms with Crippen LogP contribution in [0.25, 0.3) is 0 Å². The molecule has 0 atom stereocenters. The highest BCUT2D eigenvalue weighted by Crippen LogP contribution is 2.16. The third-order valence-electron chi connectivity index (χ3n) is 2.34. The van der Waals surface area contributed by atoms with Crippen LogP contribution >= 0.6 is 0 Å². The van der Waals surface area contributed by atoms with Crippen LogP contribution in [0.4, 0.5) is 5.82 Å². The summed E-state index contributed by atoms with van der Waals surface area (Å²) in [6, 6.07) is 3.41. The minimum atomic E-state index is -0.115. The van der Waals surface area contributed by atoms with Gasteiger partial charge in [0.1, 0.15) is 5.82 Å². The Morgan fingerprint density at radius 2 is 2.00 bits per heavy atom. The van der Waals surface area contributed by atoms with Gasteiger partial charge in [0, 0.05) is 19.0 Å². The van der Waals surface area contributed by atoms with Crippen LogP contribution in [-0.2, 0) is 16.1 Å². The average Bonchev–Trinajstić information content (AvgIpc) is 2.50. The highest BCUT2D eigenvalue weighted by Gasteiger charge is 2.28. The maximum Gasteiger partial charge on any atom is 0.229 e. The SMILES string of the molecule is Nc1cc(CN2C(=O)CCC2=O)ccn1. The quantitative estimate of drug-likeness (QED) is 0.705. The first-order valence-electron chi connectivity index (χ1n) is 4.70. The van der Waals surface area contributed by atoms with E-state index in [1.54, 1.807) is 18.3 Å². The van der Waals surface area contributed by atoms with Crippen molar-refractivity contribution in [3.63, 3.8) is 0 Å². The van der Waals surface area contributed by atoms with E-state index >= 15 is 0 Å². The normalized spacial score (nSPS) is 16.1. The number of imide groups is 1. The van der Waals surface area contributed by atoms with Gasteiger partial charge in [-0.1, -0.05) is 0 Å². The number of anilines is 1. The van der Waals surface area contributed by atoms with Crippen molar-refractivity contribution in [1.29, 1.82) is 0 Å². The Hall–Kier alpha value is -1.91. The minimum Gasteiger partial charge on any atom is -0.384 e. The number of carbonyl (C=O) groups excluding carboxylic acids is 2. The largest absolute Gasteiger partial charge is 0.384 e. The lowest BCUT2D eigenvalue weighted by Crippen LogP contribution is -2.28. The van der Waals surface area contributed by atoms with Gasteiger partial charge in [-0.3, -0.25) is 14.5 Å². The van der Waals surface area contributed by atoms with Crippen molar-refractivity contribution in [2.75, 3.05) is 5.73 Å². The van der Waals surface area contributed by atoms with Gasteiger partial charge in [0.15, 0.2) is 0 Å². The van der Waals surface area contributed by atoms with Crippen LogP contribution in [0.2, 0.25) is 0 Å². The van der Waals surface area contributed by atoms with Crippen molar-refractivity contribution >= 4 is 17.6 Å². The van der Waals surface area contributed by atoms with Gasteiger partial charge in [0.05, 0.1) is 6.54 Å². The van der Waals surface area contributed by atoms with Crippen LogP contribution in [-0.4, -0.2) is 21.7 Å². The molecular formula is C10H11N3O2. The number of nitrogen functional groups attached to an aromatic ring is 1. The lowest BCUT2D eigenvalue weighted by atomic mass is 10.2. The third-order valence-corrected chi connectivity index (χ3v) is 2.34. The summed E-state index contributed by atoms with van der Waals surface area (Å²) in [6.45, 7) is 0.296. The van der Waals surface area contributed by atoms with Gasteiger partial charge in [-0.2, -0.15) is 0 Å². The molecule has 1 aromatic rings. The first kappa shape index (κ1) is 9.64. The Morgan fingerprint density at radius 3 is 2.60 bits per heavy atom. The molecule has 1 aromatic heterocycles. The molecule has 0 saturated carbocycles. The van der Waals surface area contributed by atoms with Gasteiger partial charge >= 0.3 is 0 Å². The Labute approximate surface area is 86.9 Å². The Balaban J connectivity index is 2.15. The molecule has 0 radical (unpaired) electrons. The molecule has 15 heavy (non-hydrogen) atoms. The van der Waals surface area contributed by atoms with Crippen molar-refractivity contribution in [3.8, 4) is 0 Å². The van der Waals surface area contributed by atoms with Crippen LogP contribution < -0.4 is 5.73 Å². The smallest absolute Gasteiger partial charge is 0.229 e. The summed E-state index contributed by atoms with van der Waals surface area (Å²) in [5, 5.41) is 0. The second-order valence-corrected chi connectivity index (χ2v) is 3.46. The van der Waals surface area contributed by atoms with E-state index in [1.165, 1.54) is 4.90 Å². The number of carbonyl (C=O) groups is 2. The van der Waals surface area contributed by atoms with Crippen LogP contribution in [0, 0.1) is 0 Å². The lowest BCUT2D eigenvalue weighted by molar-refractivity contribution is -0.139. The molecule has 0 bridgehead atoms. The molecule has 5 heteroatoms. The van der Waals surface area contributed by atoms with Crippen molar-refractivity contribution in [3.05, 3.63) is 23.9 Å². The van der Waals surface area contributed by atoms with Gasteiger partial charge in [0.25, 0.3) is 0 Å². The number of amides is 2. The summed E-state index contributed by atoms with van der Waals surface area (Å²) in [4.78, 5) is 27.8. The lowest BCUT2D eigenvalue weighted by Gasteiger charge is -2.13. The highest BCUT2D eigenvalue weighted by molar-refractivity contribution is 6.01. The first-order valence-corrected chi connectivity index (χ1v) is 4.70. The zero-order valence-corrected chi connectivity index (χ0v) is 8.14. The van der Waals surface area contributed by atoms with E-state index in [4.69, 9.17) is 5.73 Å². The van der Waals surface area contributed by atoms with Crippen molar-refractivity contribution < 1.29 is 9.59 Å². The number of hydrogen-bond acceptors (Lipinski definition) is 4. The minimum absolute atomic E-state index is 0.115. The molecule has 0 unspecified atom stereocenters. The molecular weight excluding hydrogens is 194 g/mol. The van der Waals surface area contributed by atoms with Gasteiger partial charge in [-0.25, -0.2) is 4.98 Å². The molecule has 0 aliphatic carbocycles. The molecule has 1 aliphatic heterocycles. The van der Waals surface area contributed by atoms with E-state index in [2.05, 4.69) is 4.98 Å². The molecule has 2 heterocycles. The van der Waals surface area contributed by atoms with E-state index in [9.17, 15) is 9.59 Å². The van der Waals surface area contributed by atoms with Crippen LogP contribution in [0.3, 0.4) is 0 Å². The number of nitrogens with two attached hydrogens (primary N) is 1. The molecule has 0 aromatic carbocycles. The molecule has 1 aliphatic rings. The average molecular weight is 205 g/mol. The molecule has 2 rings (SSSR count). The van der Waals surface area contributed by atoms with Crippen LogP contribution in [0.15, 0.2) is 18.3 Å². The predicted octanol–water partition coefficient (Wildman–Crippen LogP) is 0.313. The van der Waals surface area contributed by atoms with Crippen LogP contribution in [0.1, 0.15) is 18.4 Å². The first-order chi connectivity index (χ1) is 7.16. The van der Waals surface area contributed by atoms with Gasteiger partial charge < -0.3 is 5.73 Å². The third kappa shape index (κ3) is 1.96. The summed E-state index contributed by atoms with van der Waals surface area (Å²) in [6.07, 6.45) is 2.20. The number of likely N-dealkylation sites (tertiary alicyclic amines) is 1. The van der Waals surface area contributed by atoms with Crippen molar-refractivity contribution in [1.82, 2.24) is 9.88 Å². The fraction of sp³-hybridized carbons (Fsp3) is 0.300. The van der Waals surface area contributed by atoms with Gasteiger partial charge in [-0.15, -0.1) is 0 Å². The van der Waals surface area contributed by atoms with E-state index in [-0.39, 0.29) is 11.8 Å². The molecule has 78 valence electrons. The topological polar surface area (TPSA) is 76.3 Å². The van der Waals surface area contributed by atoms with E-state index in [1.807, 2.05) is 0 Å². The molecule has 2 N–H and O–H groups in total. The molecule has 2 amide bonds. The van der Waals surface area contributed by atoms with Crippen molar-refractivity contribution in [2.45, 2.75) is 19.4 Å². The number of nitrogens with zero attached hydrogens (tertiary/aromatic N) is 2. The number of rotatable bonds is 2. The zero-order chi connectivity index (χ0) is 10.8. The molecule has 0 spiro atoms. The summed E-state index contributed by atoms with van der Waals surface area (Å²) < 4.78 is 0. The molecule has 1 fully saturated rings. The van der Waals surface area contributed by atoms with Crippen molar-refractivity contribution in [2.24, 2.45) is 0 Å². The standard InChI is InChI=1S/C10H11N3O2/c11-8-5-7(3-4-12-8)6-13-9(14)1-2-10(13)15/h3-5H,1-2,6H2,(H2,11,12). The maximum absolute atomic E-state index is 11.3. The monoisotopic (exact) mass is 205 g/mol. The summed E-state index contributed by atoms with van der Waals surface area (Å²) in [7, 11) is 0. The fourth-order valence-corrected chi connectivity index (χ4v) is 1.57. The second kappa shape index (κ2) is 3.68. The van der Waals surface area contributed by atoms with Gasteiger partial charge in [0.2, 0.25) is 11.8 Å².